The van der Waals surface area contributed by atoms with E-state index in [4.69, 9.17) is 0 Å². The van der Waals surface area contributed by atoms with Crippen molar-refractivity contribution in [2.75, 3.05) is 50.1 Å². The number of aryl methyl sites for hydroxylation is 1. The highest BCUT2D eigenvalue weighted by atomic mass is 19.4. The Morgan fingerprint density at radius 2 is 1.84 bits per heavy atom. The van der Waals surface area contributed by atoms with Crippen LogP contribution in [0, 0.1) is 17.0 Å². The van der Waals surface area contributed by atoms with Crippen molar-refractivity contribution < 1.29 is 27.6 Å². The molecule has 1 aliphatic rings. The topological polar surface area (TPSA) is 87.9 Å². The fraction of sp³-hybridized carbons (Fsp3) is 0.381. The van der Waals surface area contributed by atoms with Crippen molar-refractivity contribution in [1.82, 2.24) is 4.90 Å². The average Bonchev–Trinajstić information content (AvgIpc) is 2.72. The van der Waals surface area contributed by atoms with Gasteiger partial charge in [0.05, 0.1) is 4.92 Å². The molecule has 0 unspecified atom stereocenters. The van der Waals surface area contributed by atoms with E-state index in [0.29, 0.717) is 5.69 Å². The molecule has 11 heteroatoms. The fourth-order valence-corrected chi connectivity index (χ4v) is 3.44. The van der Waals surface area contributed by atoms with Gasteiger partial charge in [-0.1, -0.05) is 0 Å². The minimum atomic E-state index is -4.58. The van der Waals surface area contributed by atoms with Crippen molar-refractivity contribution in [3.05, 3.63) is 57.6 Å². The van der Waals surface area contributed by atoms with Crippen LogP contribution >= 0.6 is 0 Å². The molecule has 0 aromatic heterocycles. The number of carbonyl (C=O) groups excluding carboxylic acids is 1. The Kier molecular flexibility index (Phi) is 6.87. The highest BCUT2D eigenvalue weighted by Crippen LogP contribution is 2.28. The maximum Gasteiger partial charge on any atom is 0.422 e. The molecule has 1 saturated heterocycles. The van der Waals surface area contributed by atoms with Gasteiger partial charge in [0.15, 0.2) is 6.61 Å². The molecule has 2 aromatic carbocycles. The molecule has 0 bridgehead atoms. The van der Waals surface area contributed by atoms with Crippen molar-refractivity contribution in [1.29, 1.82) is 0 Å². The molecule has 0 saturated carbocycles. The first kappa shape index (κ1) is 23.3. The minimum Gasteiger partial charge on any atom is -0.484 e. The van der Waals surface area contributed by atoms with Crippen molar-refractivity contribution >= 4 is 23.0 Å². The van der Waals surface area contributed by atoms with E-state index in [1.54, 1.807) is 12.1 Å². The Morgan fingerprint density at radius 1 is 1.16 bits per heavy atom. The number of nitro groups is 1. The monoisotopic (exact) mass is 452 g/mol. The summed E-state index contributed by atoms with van der Waals surface area (Å²) in [7, 11) is 2.06. The number of piperazine rings is 1. The van der Waals surface area contributed by atoms with Gasteiger partial charge in [0.1, 0.15) is 11.3 Å². The van der Waals surface area contributed by atoms with Gasteiger partial charge in [-0.05, 0) is 49.9 Å². The second-order valence-electron chi connectivity index (χ2n) is 7.59. The van der Waals surface area contributed by atoms with Gasteiger partial charge in [-0.2, -0.15) is 13.2 Å². The molecule has 1 amide bonds. The van der Waals surface area contributed by atoms with E-state index in [-0.39, 0.29) is 5.75 Å². The van der Waals surface area contributed by atoms with Crippen molar-refractivity contribution in [3.8, 4) is 5.75 Å². The molecule has 0 radical (unpaired) electrons. The van der Waals surface area contributed by atoms with Gasteiger partial charge >= 0.3 is 6.18 Å². The van der Waals surface area contributed by atoms with Crippen molar-refractivity contribution in [2.45, 2.75) is 13.1 Å². The van der Waals surface area contributed by atoms with E-state index in [1.165, 1.54) is 0 Å². The average molecular weight is 452 g/mol. The Hall–Kier alpha value is -3.34. The van der Waals surface area contributed by atoms with Gasteiger partial charge in [-0.25, -0.2) is 0 Å². The summed E-state index contributed by atoms with van der Waals surface area (Å²) in [5.74, 6) is -1.11. The van der Waals surface area contributed by atoms with E-state index in [0.717, 1.165) is 55.6 Å². The summed E-state index contributed by atoms with van der Waals surface area (Å²) in [6.07, 6.45) is -4.58. The van der Waals surface area contributed by atoms with Crippen LogP contribution in [-0.2, 0) is 0 Å². The SMILES string of the molecule is Cc1cc(NC(=O)c2cc(OCC(F)(F)F)ccc2[N+](=O)[O-])ccc1N1CCN(C)CC1. The first-order valence-electron chi connectivity index (χ1n) is 9.87. The van der Waals surface area contributed by atoms with Gasteiger partial charge in [-0.15, -0.1) is 0 Å². The number of nitrogens with one attached hydrogen (secondary N) is 1. The number of alkyl halides is 3. The van der Waals surface area contributed by atoms with Gasteiger partial charge in [0.25, 0.3) is 11.6 Å². The molecule has 0 spiro atoms. The zero-order valence-corrected chi connectivity index (χ0v) is 17.6. The summed E-state index contributed by atoms with van der Waals surface area (Å²) in [5, 5.41) is 13.9. The minimum absolute atomic E-state index is 0.292. The van der Waals surface area contributed by atoms with E-state index < -0.39 is 34.9 Å². The van der Waals surface area contributed by atoms with Crippen LogP contribution < -0.4 is 15.0 Å². The van der Waals surface area contributed by atoms with E-state index in [1.807, 2.05) is 13.0 Å². The molecule has 2 aromatic rings. The van der Waals surface area contributed by atoms with Crippen LogP contribution in [0.1, 0.15) is 15.9 Å². The summed E-state index contributed by atoms with van der Waals surface area (Å²) in [4.78, 5) is 27.7. The third-order valence-electron chi connectivity index (χ3n) is 5.11. The zero-order chi connectivity index (χ0) is 23.5. The lowest BCUT2D eigenvalue weighted by molar-refractivity contribution is -0.385. The van der Waals surface area contributed by atoms with Gasteiger partial charge < -0.3 is 19.9 Å². The molecule has 32 heavy (non-hydrogen) atoms. The number of carbonyl (C=O) groups is 1. The maximum absolute atomic E-state index is 12.7. The molecule has 172 valence electrons. The Bertz CT molecular complexity index is 1010. The predicted octanol–water partition coefficient (Wildman–Crippen LogP) is 3.85. The molecule has 1 heterocycles. The first-order valence-corrected chi connectivity index (χ1v) is 9.87. The molecule has 8 nitrogen and oxygen atoms in total. The highest BCUT2D eigenvalue weighted by Gasteiger charge is 2.29. The molecule has 1 aliphatic heterocycles. The van der Waals surface area contributed by atoms with Crippen LogP contribution in [0.2, 0.25) is 0 Å². The second-order valence-corrected chi connectivity index (χ2v) is 7.59. The molecular formula is C21H23F3N4O4. The summed E-state index contributed by atoms with van der Waals surface area (Å²) < 4.78 is 41.8. The lowest BCUT2D eigenvalue weighted by Crippen LogP contribution is -2.44. The maximum atomic E-state index is 12.7. The lowest BCUT2D eigenvalue weighted by atomic mass is 10.1. The van der Waals surface area contributed by atoms with Crippen LogP contribution in [0.4, 0.5) is 30.2 Å². The normalized spacial score (nSPS) is 14.8. The fourth-order valence-electron chi connectivity index (χ4n) is 3.44. The summed E-state index contributed by atoms with van der Waals surface area (Å²) in [6.45, 7) is 3.96. The number of rotatable bonds is 6. The lowest BCUT2D eigenvalue weighted by Gasteiger charge is -2.35. The van der Waals surface area contributed by atoms with Gasteiger partial charge in [0, 0.05) is 43.6 Å². The second kappa shape index (κ2) is 9.43. The quantitative estimate of drug-likeness (QED) is 0.529. The molecule has 0 atom stereocenters. The zero-order valence-electron chi connectivity index (χ0n) is 17.6. The number of anilines is 2. The predicted molar refractivity (Wildman–Crippen MR) is 113 cm³/mol. The largest absolute Gasteiger partial charge is 0.484 e. The molecule has 3 rings (SSSR count). The van der Waals surface area contributed by atoms with Crippen molar-refractivity contribution in [2.24, 2.45) is 0 Å². The van der Waals surface area contributed by atoms with E-state index in [9.17, 15) is 28.1 Å². The number of ether oxygens (including phenoxy) is 1. The summed E-state index contributed by atoms with van der Waals surface area (Å²) in [6, 6.07) is 8.21. The molecule has 0 aliphatic carbocycles. The van der Waals surface area contributed by atoms with Crippen LogP contribution in [0.5, 0.6) is 5.75 Å². The summed E-state index contributed by atoms with van der Waals surface area (Å²) in [5.41, 5.74) is 1.44. The van der Waals surface area contributed by atoms with Gasteiger partial charge in [0.2, 0.25) is 0 Å². The van der Waals surface area contributed by atoms with Crippen LogP contribution in [0.15, 0.2) is 36.4 Å². The Labute approximate surface area is 182 Å². The number of hydrogen-bond donors (Lipinski definition) is 1. The highest BCUT2D eigenvalue weighted by molar-refractivity contribution is 6.07. The van der Waals surface area contributed by atoms with Crippen LogP contribution in [0.3, 0.4) is 0 Å². The smallest absolute Gasteiger partial charge is 0.422 e. The number of amides is 1. The van der Waals surface area contributed by atoms with Crippen LogP contribution in [0.25, 0.3) is 0 Å². The number of nitrogens with zero attached hydrogens (tertiary/aromatic N) is 3. The first-order chi connectivity index (χ1) is 15.0. The number of halogens is 3. The van der Waals surface area contributed by atoms with E-state index >= 15 is 0 Å². The molecule has 1 N–H and O–H groups in total. The number of likely N-dealkylation sites (N-methyl/N-ethyl adjacent to an activating group) is 1. The Balaban J connectivity index is 1.78. The third-order valence-corrected chi connectivity index (χ3v) is 5.11. The summed E-state index contributed by atoms with van der Waals surface area (Å²) >= 11 is 0. The number of benzene rings is 2. The van der Waals surface area contributed by atoms with E-state index in [2.05, 4.69) is 26.9 Å². The third kappa shape index (κ3) is 5.88. The molecular weight excluding hydrogens is 429 g/mol. The standard InChI is InChI=1S/C21H23F3N4O4/c1-14-11-15(3-5-18(14)27-9-7-26(2)8-10-27)25-20(29)17-12-16(32-13-21(22,23)24)4-6-19(17)28(30)31/h3-6,11-12H,7-10,13H2,1-2H3,(H,25,29). The van der Waals surface area contributed by atoms with Crippen molar-refractivity contribution in [3.63, 3.8) is 0 Å². The van der Waals surface area contributed by atoms with Gasteiger partial charge in [-0.3, -0.25) is 14.9 Å². The van der Waals surface area contributed by atoms with Crippen LogP contribution in [-0.4, -0.2) is 61.7 Å². The number of hydrogen-bond acceptors (Lipinski definition) is 6. The number of nitro benzene ring substituents is 1. The molecule has 1 fully saturated rings. The Morgan fingerprint density at radius 3 is 2.44 bits per heavy atom.